The van der Waals surface area contributed by atoms with Gasteiger partial charge in [0.1, 0.15) is 9.84 Å². The molecule has 1 amide bonds. The summed E-state index contributed by atoms with van der Waals surface area (Å²) in [5, 5.41) is 6.46. The predicted octanol–water partition coefficient (Wildman–Crippen LogP) is 1.38. The number of hydrogen-bond acceptors (Lipinski definition) is 4. The molecular weight excluding hydrogens is 455 g/mol. The van der Waals surface area contributed by atoms with Gasteiger partial charge < -0.3 is 15.5 Å². The average molecular weight is 488 g/mol. The van der Waals surface area contributed by atoms with Gasteiger partial charge in [0, 0.05) is 44.9 Å². The van der Waals surface area contributed by atoms with Gasteiger partial charge in [0.25, 0.3) is 0 Å². The van der Waals surface area contributed by atoms with Crippen LogP contribution in [-0.2, 0) is 14.6 Å². The number of nitrogens with zero attached hydrogens (tertiary/aromatic N) is 2. The first-order valence-corrected chi connectivity index (χ1v) is 10.8. The molecule has 148 valence electrons. The predicted molar refractivity (Wildman–Crippen MR) is 113 cm³/mol. The molecule has 1 aliphatic heterocycles. The first kappa shape index (κ1) is 24.4. The van der Waals surface area contributed by atoms with Gasteiger partial charge >= 0.3 is 0 Å². The fourth-order valence-corrected chi connectivity index (χ4v) is 3.67. The van der Waals surface area contributed by atoms with E-state index in [2.05, 4.69) is 22.5 Å². The first-order chi connectivity index (χ1) is 11.3. The van der Waals surface area contributed by atoms with E-state index in [4.69, 9.17) is 0 Å². The quantitative estimate of drug-likeness (QED) is 0.291. The highest BCUT2D eigenvalue weighted by Crippen LogP contribution is 2.17. The normalized spacial score (nSPS) is 17.8. The van der Waals surface area contributed by atoms with Crippen molar-refractivity contribution in [1.82, 2.24) is 15.5 Å². The van der Waals surface area contributed by atoms with Crippen molar-refractivity contribution in [1.29, 1.82) is 0 Å². The van der Waals surface area contributed by atoms with E-state index < -0.39 is 9.84 Å². The van der Waals surface area contributed by atoms with Crippen LogP contribution in [0.1, 0.15) is 46.0 Å². The van der Waals surface area contributed by atoms with Gasteiger partial charge in [0.2, 0.25) is 5.91 Å². The number of carbonyl (C=O) groups excluding carboxylic acids is 1. The largest absolute Gasteiger partial charge is 0.356 e. The van der Waals surface area contributed by atoms with Crippen LogP contribution in [0.4, 0.5) is 0 Å². The molecule has 0 aromatic heterocycles. The van der Waals surface area contributed by atoms with Gasteiger partial charge in [-0.2, -0.15) is 0 Å². The van der Waals surface area contributed by atoms with Crippen LogP contribution in [0, 0.1) is 0 Å². The third-order valence-corrected chi connectivity index (χ3v) is 5.30. The third kappa shape index (κ3) is 9.62. The van der Waals surface area contributed by atoms with Crippen LogP contribution in [0.5, 0.6) is 0 Å². The van der Waals surface area contributed by atoms with Crippen LogP contribution in [0.15, 0.2) is 4.99 Å². The number of guanidine groups is 1. The molecule has 2 N–H and O–H groups in total. The van der Waals surface area contributed by atoms with E-state index in [1.807, 2.05) is 11.8 Å². The number of amides is 1. The second kappa shape index (κ2) is 11.9. The Morgan fingerprint density at radius 2 is 2.04 bits per heavy atom. The lowest BCUT2D eigenvalue weighted by Crippen LogP contribution is -2.45. The molecule has 9 heteroatoms. The Kier molecular flexibility index (Phi) is 11.6. The number of aliphatic imine (C=N–C) groups is 1. The lowest BCUT2D eigenvalue weighted by molar-refractivity contribution is -0.129. The molecule has 2 unspecified atom stereocenters. The van der Waals surface area contributed by atoms with Crippen molar-refractivity contribution in [2.45, 2.75) is 58.0 Å². The van der Waals surface area contributed by atoms with E-state index >= 15 is 0 Å². The summed E-state index contributed by atoms with van der Waals surface area (Å²) in [4.78, 5) is 18.0. The second-order valence-electron chi connectivity index (χ2n) is 6.50. The molecule has 7 nitrogen and oxygen atoms in total. The lowest BCUT2D eigenvalue weighted by atomic mass is 10.1. The molecule has 0 saturated carbocycles. The fourth-order valence-electron chi connectivity index (χ4n) is 2.88. The van der Waals surface area contributed by atoms with Gasteiger partial charge in [-0.05, 0) is 32.6 Å². The van der Waals surface area contributed by atoms with Crippen molar-refractivity contribution in [3.8, 4) is 0 Å². The van der Waals surface area contributed by atoms with E-state index in [-0.39, 0.29) is 47.7 Å². The van der Waals surface area contributed by atoms with E-state index in [9.17, 15) is 13.2 Å². The SMILES string of the molecule is CCC(CCNC(=NC)NC(C)CCS(C)(=O)=O)N1CCCC1=O.I. The number of hydrogen-bond donors (Lipinski definition) is 2. The summed E-state index contributed by atoms with van der Waals surface area (Å²) in [5.41, 5.74) is 0. The van der Waals surface area contributed by atoms with E-state index in [1.54, 1.807) is 7.05 Å². The van der Waals surface area contributed by atoms with Crippen LogP contribution < -0.4 is 10.6 Å². The zero-order valence-electron chi connectivity index (χ0n) is 15.7. The number of carbonyl (C=O) groups is 1. The minimum absolute atomic E-state index is 0. The highest BCUT2D eigenvalue weighted by atomic mass is 127. The zero-order valence-corrected chi connectivity index (χ0v) is 18.9. The molecule has 0 aliphatic carbocycles. The number of sulfone groups is 1. The number of nitrogens with one attached hydrogen (secondary N) is 2. The van der Waals surface area contributed by atoms with Crippen molar-refractivity contribution in [2.24, 2.45) is 4.99 Å². The highest BCUT2D eigenvalue weighted by Gasteiger charge is 2.26. The molecule has 0 radical (unpaired) electrons. The molecule has 2 atom stereocenters. The third-order valence-electron chi connectivity index (χ3n) is 4.32. The Morgan fingerprint density at radius 1 is 1.36 bits per heavy atom. The van der Waals surface area contributed by atoms with Crippen molar-refractivity contribution in [3.63, 3.8) is 0 Å². The van der Waals surface area contributed by atoms with Gasteiger partial charge in [-0.15, -0.1) is 24.0 Å². The summed E-state index contributed by atoms with van der Waals surface area (Å²) in [6.45, 7) is 5.64. The fraction of sp³-hybridized carbons (Fsp3) is 0.875. The average Bonchev–Trinajstić information content (AvgIpc) is 2.93. The van der Waals surface area contributed by atoms with Gasteiger partial charge in [0.05, 0.1) is 5.75 Å². The zero-order chi connectivity index (χ0) is 18.2. The summed E-state index contributed by atoms with van der Waals surface area (Å²) in [5.74, 6) is 1.09. The van der Waals surface area contributed by atoms with Crippen LogP contribution in [0.25, 0.3) is 0 Å². The van der Waals surface area contributed by atoms with Crippen molar-refractivity contribution < 1.29 is 13.2 Å². The standard InChI is InChI=1S/C16H32N4O3S.HI/c1-5-14(20-11-6-7-15(20)21)8-10-18-16(17-3)19-13(2)9-12-24(4,22)23;/h13-14H,5-12H2,1-4H3,(H2,17,18,19);1H. The van der Waals surface area contributed by atoms with Crippen molar-refractivity contribution in [3.05, 3.63) is 0 Å². The van der Waals surface area contributed by atoms with Gasteiger partial charge in [-0.25, -0.2) is 8.42 Å². The van der Waals surface area contributed by atoms with Crippen molar-refractivity contribution in [2.75, 3.05) is 32.1 Å². The van der Waals surface area contributed by atoms with E-state index in [0.29, 0.717) is 18.8 Å². The lowest BCUT2D eigenvalue weighted by Gasteiger charge is -2.27. The van der Waals surface area contributed by atoms with Crippen LogP contribution in [0.2, 0.25) is 0 Å². The van der Waals surface area contributed by atoms with Crippen molar-refractivity contribution >= 4 is 45.7 Å². The minimum Gasteiger partial charge on any atom is -0.356 e. The Morgan fingerprint density at radius 3 is 2.52 bits per heavy atom. The molecule has 0 bridgehead atoms. The molecule has 1 fully saturated rings. The molecule has 1 heterocycles. The summed E-state index contributed by atoms with van der Waals surface area (Å²) < 4.78 is 22.4. The second-order valence-corrected chi connectivity index (χ2v) is 8.76. The number of likely N-dealkylation sites (tertiary alicyclic amines) is 1. The van der Waals surface area contributed by atoms with Crippen LogP contribution >= 0.6 is 24.0 Å². The Balaban J connectivity index is 0.00000576. The molecular formula is C16H33IN4O3S. The molecule has 1 aliphatic rings. The Labute approximate surface area is 169 Å². The molecule has 0 spiro atoms. The van der Waals surface area contributed by atoms with E-state index in [0.717, 1.165) is 32.4 Å². The van der Waals surface area contributed by atoms with Gasteiger partial charge in [-0.1, -0.05) is 6.92 Å². The van der Waals surface area contributed by atoms with Crippen LogP contribution in [0.3, 0.4) is 0 Å². The smallest absolute Gasteiger partial charge is 0.222 e. The topological polar surface area (TPSA) is 90.9 Å². The maximum Gasteiger partial charge on any atom is 0.222 e. The van der Waals surface area contributed by atoms with Crippen LogP contribution in [-0.4, -0.2) is 69.4 Å². The molecule has 0 aromatic carbocycles. The first-order valence-electron chi connectivity index (χ1n) is 8.71. The number of rotatable bonds is 9. The molecule has 0 aromatic rings. The maximum absolute atomic E-state index is 11.8. The monoisotopic (exact) mass is 488 g/mol. The summed E-state index contributed by atoms with van der Waals surface area (Å²) in [6.07, 6.45) is 5.25. The van der Waals surface area contributed by atoms with Gasteiger partial charge in [0.15, 0.2) is 5.96 Å². The highest BCUT2D eigenvalue weighted by molar-refractivity contribution is 14.0. The molecule has 25 heavy (non-hydrogen) atoms. The Hall–Kier alpha value is -0.580. The maximum atomic E-state index is 11.8. The minimum atomic E-state index is -2.95. The molecule has 1 saturated heterocycles. The summed E-state index contributed by atoms with van der Waals surface area (Å²) in [6, 6.07) is 0.293. The summed E-state index contributed by atoms with van der Waals surface area (Å²) in [7, 11) is -1.25. The number of halogens is 1. The summed E-state index contributed by atoms with van der Waals surface area (Å²) >= 11 is 0. The van der Waals surface area contributed by atoms with E-state index in [1.165, 1.54) is 6.26 Å². The van der Waals surface area contributed by atoms with Gasteiger partial charge in [-0.3, -0.25) is 9.79 Å². The molecule has 1 rings (SSSR count). The Bertz CT molecular complexity index is 539.